The van der Waals surface area contributed by atoms with E-state index in [2.05, 4.69) is 31.3 Å². The van der Waals surface area contributed by atoms with Crippen molar-refractivity contribution in [3.63, 3.8) is 0 Å². The van der Waals surface area contributed by atoms with Gasteiger partial charge in [0.1, 0.15) is 5.82 Å². The average Bonchev–Trinajstić information content (AvgIpc) is 3.16. The molecule has 0 aliphatic carbocycles. The Balaban J connectivity index is 2.01. The number of hydrogen-bond donors (Lipinski definition) is 2. The van der Waals surface area contributed by atoms with Crippen LogP contribution in [0.15, 0.2) is 42.5 Å². The minimum Gasteiger partial charge on any atom is -0.478 e. The van der Waals surface area contributed by atoms with Gasteiger partial charge in [-0.25, -0.2) is 14.8 Å². The zero-order valence-corrected chi connectivity index (χ0v) is 17.0. The molecule has 0 unspecified atom stereocenters. The van der Waals surface area contributed by atoms with Crippen LogP contribution in [0.4, 0.5) is 11.5 Å². The normalized spacial score (nSPS) is 11.1. The number of benzene rings is 1. The van der Waals surface area contributed by atoms with Gasteiger partial charge in [0.15, 0.2) is 5.82 Å². The Morgan fingerprint density at radius 3 is 2.46 bits per heavy atom. The average molecular weight is 394 g/mol. The zero-order valence-electron chi connectivity index (χ0n) is 16.2. The van der Waals surface area contributed by atoms with Gasteiger partial charge >= 0.3 is 5.97 Å². The number of aromatic carboxylic acids is 1. The molecule has 1 aromatic carbocycles. The van der Waals surface area contributed by atoms with Gasteiger partial charge in [-0.1, -0.05) is 19.9 Å². The van der Waals surface area contributed by atoms with E-state index >= 15 is 0 Å². The number of rotatable bonds is 7. The number of anilines is 2. The molecule has 0 saturated carbocycles. The van der Waals surface area contributed by atoms with Gasteiger partial charge in [-0.15, -0.1) is 11.3 Å². The summed E-state index contributed by atoms with van der Waals surface area (Å²) in [7, 11) is 0. The molecule has 0 saturated heterocycles. The van der Waals surface area contributed by atoms with Crippen molar-refractivity contribution in [3.05, 3.63) is 64.2 Å². The Morgan fingerprint density at radius 2 is 1.86 bits per heavy atom. The molecule has 2 N–H and O–H groups in total. The van der Waals surface area contributed by atoms with Crippen molar-refractivity contribution in [2.75, 3.05) is 5.32 Å². The van der Waals surface area contributed by atoms with E-state index in [1.807, 2.05) is 19.1 Å². The van der Waals surface area contributed by atoms with E-state index in [4.69, 9.17) is 15.1 Å². The third kappa shape index (κ3) is 4.28. The Kier molecular flexibility index (Phi) is 6.21. The molecule has 0 radical (unpaired) electrons. The molecule has 5 nitrogen and oxygen atoms in total. The first-order valence-electron chi connectivity index (χ1n) is 9.28. The molecule has 2 heterocycles. The van der Waals surface area contributed by atoms with E-state index in [-0.39, 0.29) is 5.56 Å². The molecule has 6 heteroatoms. The van der Waals surface area contributed by atoms with Crippen molar-refractivity contribution in [2.24, 2.45) is 0 Å². The first-order valence-corrected chi connectivity index (χ1v) is 10.1. The summed E-state index contributed by atoms with van der Waals surface area (Å²) in [6.45, 7) is 6.18. The minimum absolute atomic E-state index is 0.258. The number of carboxylic acid groups (broad SMARTS) is 1. The molecule has 0 spiro atoms. The fourth-order valence-electron chi connectivity index (χ4n) is 2.97. The van der Waals surface area contributed by atoms with E-state index in [0.29, 0.717) is 5.82 Å². The second-order valence-electron chi connectivity index (χ2n) is 6.24. The molecule has 28 heavy (non-hydrogen) atoms. The number of carboxylic acids is 1. The highest BCUT2D eigenvalue weighted by Crippen LogP contribution is 2.30. The smallest absolute Gasteiger partial charge is 0.335 e. The molecular formula is C22H23N3O2S. The van der Waals surface area contributed by atoms with Gasteiger partial charge < -0.3 is 10.4 Å². The summed E-state index contributed by atoms with van der Waals surface area (Å²) in [5.41, 5.74) is 3.16. The van der Waals surface area contributed by atoms with Crippen LogP contribution in [0.2, 0.25) is 0 Å². The quantitative estimate of drug-likeness (QED) is 0.530. The number of allylic oxidation sites excluding steroid dienone is 1. The summed E-state index contributed by atoms with van der Waals surface area (Å²) in [4.78, 5) is 22.8. The standard InChI is InChI=1S/C22H23N3O2S/c1-4-7-16-12-13-19(28-16)21-24-18(6-3)17(5-2)20(25-21)23-15-10-8-14(9-11-15)22(26)27/h4,7-13H,5-6H2,1-3H3,(H,26,27)(H,23,24,25). The van der Waals surface area contributed by atoms with Crippen molar-refractivity contribution in [2.45, 2.75) is 33.6 Å². The van der Waals surface area contributed by atoms with E-state index in [0.717, 1.165) is 45.4 Å². The van der Waals surface area contributed by atoms with Crippen LogP contribution in [0.5, 0.6) is 0 Å². The molecule has 0 amide bonds. The number of nitrogens with one attached hydrogen (secondary N) is 1. The number of carbonyl (C=O) groups is 1. The molecule has 0 aliphatic rings. The number of aryl methyl sites for hydroxylation is 1. The van der Waals surface area contributed by atoms with Crippen LogP contribution in [0.25, 0.3) is 16.8 Å². The fraction of sp³-hybridized carbons (Fsp3) is 0.227. The van der Waals surface area contributed by atoms with Crippen molar-refractivity contribution < 1.29 is 9.90 Å². The summed E-state index contributed by atoms with van der Waals surface area (Å²) in [5, 5.41) is 12.4. The third-order valence-corrected chi connectivity index (χ3v) is 5.40. The molecule has 3 rings (SSSR count). The number of aromatic nitrogens is 2. The van der Waals surface area contributed by atoms with Crippen molar-refractivity contribution in [1.82, 2.24) is 9.97 Å². The van der Waals surface area contributed by atoms with Crippen LogP contribution in [-0.4, -0.2) is 21.0 Å². The predicted octanol–water partition coefficient (Wildman–Crippen LogP) is 5.80. The predicted molar refractivity (Wildman–Crippen MR) is 115 cm³/mol. The highest BCUT2D eigenvalue weighted by molar-refractivity contribution is 7.16. The second kappa shape index (κ2) is 8.80. The van der Waals surface area contributed by atoms with E-state index in [9.17, 15) is 4.79 Å². The molecule has 0 bridgehead atoms. The highest BCUT2D eigenvalue weighted by Gasteiger charge is 2.15. The molecule has 2 aromatic heterocycles. The number of nitrogens with zero attached hydrogens (tertiary/aromatic N) is 2. The number of hydrogen-bond acceptors (Lipinski definition) is 5. The fourth-order valence-corrected chi connectivity index (χ4v) is 3.88. The largest absolute Gasteiger partial charge is 0.478 e. The first-order chi connectivity index (χ1) is 13.5. The summed E-state index contributed by atoms with van der Waals surface area (Å²) >= 11 is 1.66. The monoisotopic (exact) mass is 393 g/mol. The van der Waals surface area contributed by atoms with Gasteiger partial charge in [0.2, 0.25) is 0 Å². The summed E-state index contributed by atoms with van der Waals surface area (Å²) in [6, 6.07) is 10.8. The second-order valence-corrected chi connectivity index (χ2v) is 7.35. The van der Waals surface area contributed by atoms with Crippen LogP contribution in [0.1, 0.15) is 47.3 Å². The molecule has 0 fully saturated rings. The lowest BCUT2D eigenvalue weighted by Gasteiger charge is -2.15. The SMILES string of the molecule is CC=Cc1ccc(-c2nc(CC)c(CC)c(Nc3ccc(C(=O)O)cc3)n2)s1. The van der Waals surface area contributed by atoms with Crippen LogP contribution in [0.3, 0.4) is 0 Å². The Hall–Kier alpha value is -2.99. The maximum Gasteiger partial charge on any atom is 0.335 e. The zero-order chi connectivity index (χ0) is 20.1. The molecule has 0 atom stereocenters. The highest BCUT2D eigenvalue weighted by atomic mass is 32.1. The van der Waals surface area contributed by atoms with Crippen LogP contribution < -0.4 is 5.32 Å². The van der Waals surface area contributed by atoms with Gasteiger partial charge in [-0.2, -0.15) is 0 Å². The number of thiophene rings is 1. The van der Waals surface area contributed by atoms with Gasteiger partial charge in [0.25, 0.3) is 0 Å². The van der Waals surface area contributed by atoms with E-state index < -0.39 is 5.97 Å². The molecule has 0 aliphatic heterocycles. The molecule has 144 valence electrons. The van der Waals surface area contributed by atoms with Crippen LogP contribution in [-0.2, 0) is 12.8 Å². The van der Waals surface area contributed by atoms with Gasteiger partial charge in [0.05, 0.1) is 10.4 Å². The summed E-state index contributed by atoms with van der Waals surface area (Å²) < 4.78 is 0. The van der Waals surface area contributed by atoms with E-state index in [1.54, 1.807) is 35.6 Å². The maximum atomic E-state index is 11.1. The van der Waals surface area contributed by atoms with Gasteiger partial charge in [-0.05, 0) is 62.2 Å². The van der Waals surface area contributed by atoms with Gasteiger partial charge in [0, 0.05) is 21.8 Å². The lowest BCUT2D eigenvalue weighted by atomic mass is 10.1. The van der Waals surface area contributed by atoms with Crippen molar-refractivity contribution in [3.8, 4) is 10.7 Å². The Morgan fingerprint density at radius 1 is 1.11 bits per heavy atom. The van der Waals surface area contributed by atoms with Gasteiger partial charge in [-0.3, -0.25) is 0 Å². The summed E-state index contributed by atoms with van der Waals surface area (Å²) in [6.07, 6.45) is 5.71. The molecule has 3 aromatic rings. The van der Waals surface area contributed by atoms with E-state index in [1.165, 1.54) is 0 Å². The lowest BCUT2D eigenvalue weighted by molar-refractivity contribution is 0.0697. The summed E-state index contributed by atoms with van der Waals surface area (Å²) in [5.74, 6) is 0.542. The first kappa shape index (κ1) is 19.8. The van der Waals surface area contributed by atoms with Crippen molar-refractivity contribution in [1.29, 1.82) is 0 Å². The molecular weight excluding hydrogens is 370 g/mol. The van der Waals surface area contributed by atoms with Crippen molar-refractivity contribution >= 4 is 34.9 Å². The van der Waals surface area contributed by atoms with Crippen LogP contribution >= 0.6 is 11.3 Å². The minimum atomic E-state index is -0.937. The Labute approximate surface area is 168 Å². The topological polar surface area (TPSA) is 75.1 Å². The van der Waals surface area contributed by atoms with Crippen LogP contribution in [0, 0.1) is 0 Å². The maximum absolute atomic E-state index is 11.1. The third-order valence-electron chi connectivity index (χ3n) is 4.35. The Bertz CT molecular complexity index is 1010. The lowest BCUT2D eigenvalue weighted by Crippen LogP contribution is -2.07.